The molecule has 0 aromatic carbocycles. The molecule has 0 aromatic rings. The van der Waals surface area contributed by atoms with E-state index in [0.29, 0.717) is 0 Å². The van der Waals surface area contributed by atoms with Gasteiger partial charge in [0.05, 0.1) is 0 Å². The Labute approximate surface area is 36.7 Å². The van der Waals surface area contributed by atoms with E-state index in [1.807, 2.05) is 0 Å². The van der Waals surface area contributed by atoms with Gasteiger partial charge in [0, 0.05) is 12.8 Å². The van der Waals surface area contributed by atoms with Gasteiger partial charge < -0.3 is 0 Å². The molecule has 0 spiro atoms. The summed E-state index contributed by atoms with van der Waals surface area (Å²) in [5.74, 6) is 0. The summed E-state index contributed by atoms with van der Waals surface area (Å²) in [6.07, 6.45) is 3.94. The lowest BCUT2D eigenvalue weighted by Gasteiger charge is -1.73. The number of hydrogen-bond acceptors (Lipinski definition) is 1. The van der Waals surface area contributed by atoms with E-state index < -0.39 is 0 Å². The van der Waals surface area contributed by atoms with E-state index in [9.17, 15) is 0 Å². The molecule has 1 aliphatic rings. The van der Waals surface area contributed by atoms with Crippen molar-refractivity contribution in [1.82, 2.24) is 0 Å². The zero-order valence-corrected chi connectivity index (χ0v) is 3.59. The second-order valence-electron chi connectivity index (χ2n) is 1.49. The maximum atomic E-state index is 8.51. The van der Waals surface area contributed by atoms with Crippen LogP contribution in [0.4, 0.5) is 0 Å². The van der Waals surface area contributed by atoms with Crippen LogP contribution in [0.3, 0.4) is 0 Å². The second kappa shape index (κ2) is 1.29. The molecule has 0 aromatic heterocycles. The van der Waals surface area contributed by atoms with E-state index >= 15 is 0 Å². The molecule has 1 heterocycles. The van der Waals surface area contributed by atoms with Gasteiger partial charge >= 0.3 is 0 Å². The fourth-order valence-corrected chi connectivity index (χ4v) is 0.585. The normalized spacial score (nSPS) is 21.0. The van der Waals surface area contributed by atoms with E-state index in [-0.39, 0.29) is 0 Å². The van der Waals surface area contributed by atoms with Crippen LogP contribution in [0, 0.1) is 0 Å². The van der Waals surface area contributed by atoms with E-state index in [0.717, 1.165) is 19.4 Å². The van der Waals surface area contributed by atoms with Crippen LogP contribution < -0.4 is 0 Å². The van der Waals surface area contributed by atoms with Crippen molar-refractivity contribution in [1.29, 1.82) is 0 Å². The Morgan fingerprint density at radius 3 is 2.67 bits per heavy atom. The molecule has 6 heavy (non-hydrogen) atoms. The zero-order chi connectivity index (χ0) is 4.41. The first-order valence-electron chi connectivity index (χ1n) is 2.18. The van der Waals surface area contributed by atoms with E-state index in [2.05, 4.69) is 0 Å². The summed E-state index contributed by atoms with van der Waals surface area (Å²) in [4.78, 5) is 0. The summed E-state index contributed by atoms with van der Waals surface area (Å²) in [7, 11) is 0. The molecule has 0 radical (unpaired) electrons. The molecule has 0 aliphatic carbocycles. The first-order chi connectivity index (χ1) is 2.89. The van der Waals surface area contributed by atoms with Crippen molar-refractivity contribution >= 4 is 6.21 Å². The average molecular weight is 86.1 g/mol. The third-order valence-electron chi connectivity index (χ3n) is 0.931. The Bertz CT molecular complexity index is 77.6. The molecule has 0 unspecified atom stereocenters. The molecule has 34 valence electrons. The van der Waals surface area contributed by atoms with Crippen LogP contribution in [-0.2, 0) is 0 Å². The van der Waals surface area contributed by atoms with Gasteiger partial charge in [0.25, 0.3) is 0 Å². The first kappa shape index (κ1) is 3.65. The van der Waals surface area contributed by atoms with Gasteiger partial charge in [-0.25, -0.2) is 0 Å². The third-order valence-corrected chi connectivity index (χ3v) is 0.931. The molecule has 0 fully saturated rings. The van der Waals surface area contributed by atoms with E-state index in [4.69, 9.17) is 5.21 Å². The third kappa shape index (κ3) is 0.506. The van der Waals surface area contributed by atoms with Crippen LogP contribution in [0.15, 0.2) is 0 Å². The molecule has 1 N–H and O–H groups in total. The largest absolute Gasteiger partial charge is 0.291 e. The minimum atomic E-state index is 0.819. The predicted molar refractivity (Wildman–Crippen MR) is 22.2 cm³/mol. The van der Waals surface area contributed by atoms with E-state index in [1.165, 1.54) is 4.74 Å². The molecule has 0 saturated heterocycles. The highest BCUT2D eigenvalue weighted by molar-refractivity contribution is 5.51. The van der Waals surface area contributed by atoms with Crippen molar-refractivity contribution in [2.75, 3.05) is 6.54 Å². The SMILES string of the molecule is O[N+]1=CCCC1. The lowest BCUT2D eigenvalue weighted by molar-refractivity contribution is -0.766. The molecular weight excluding hydrogens is 78.0 g/mol. The van der Waals surface area contributed by atoms with Crippen molar-refractivity contribution in [2.45, 2.75) is 12.8 Å². The summed E-state index contributed by atoms with van der Waals surface area (Å²) >= 11 is 0. The summed E-state index contributed by atoms with van der Waals surface area (Å²) in [5, 5.41) is 8.51. The molecular formula is C4H8NO+. The minimum Gasteiger partial charge on any atom is -0.291 e. The van der Waals surface area contributed by atoms with Crippen LogP contribution >= 0.6 is 0 Å². The van der Waals surface area contributed by atoms with Gasteiger partial charge in [0.15, 0.2) is 12.8 Å². The van der Waals surface area contributed by atoms with Crippen molar-refractivity contribution in [2.24, 2.45) is 0 Å². The fraction of sp³-hybridized carbons (Fsp3) is 0.750. The summed E-state index contributed by atoms with van der Waals surface area (Å²) in [6.45, 7) is 0.819. The Hall–Kier alpha value is -0.530. The number of hydroxylamine groups is 1. The monoisotopic (exact) mass is 86.1 g/mol. The van der Waals surface area contributed by atoms with Crippen LogP contribution in [0.25, 0.3) is 0 Å². The minimum absolute atomic E-state index is 0.819. The van der Waals surface area contributed by atoms with Gasteiger partial charge in [-0.05, 0) is 4.74 Å². The molecule has 2 nitrogen and oxygen atoms in total. The van der Waals surface area contributed by atoms with Gasteiger partial charge in [0.1, 0.15) is 0 Å². The van der Waals surface area contributed by atoms with Crippen molar-refractivity contribution < 1.29 is 9.95 Å². The summed E-state index contributed by atoms with van der Waals surface area (Å²) < 4.78 is 1.24. The average Bonchev–Trinajstić information content (AvgIpc) is 1.86. The van der Waals surface area contributed by atoms with Crippen LogP contribution in [-0.4, -0.2) is 22.7 Å². The van der Waals surface area contributed by atoms with Crippen LogP contribution in [0.5, 0.6) is 0 Å². The van der Waals surface area contributed by atoms with E-state index in [1.54, 1.807) is 6.21 Å². The van der Waals surface area contributed by atoms with Crippen molar-refractivity contribution in [3.63, 3.8) is 0 Å². The highest BCUT2D eigenvalue weighted by Crippen LogP contribution is 1.91. The molecule has 0 bridgehead atoms. The lowest BCUT2D eigenvalue weighted by atomic mass is 10.4. The first-order valence-corrected chi connectivity index (χ1v) is 2.18. The second-order valence-corrected chi connectivity index (χ2v) is 1.49. The van der Waals surface area contributed by atoms with Crippen molar-refractivity contribution in [3.8, 4) is 0 Å². The zero-order valence-electron chi connectivity index (χ0n) is 3.59. The highest BCUT2D eigenvalue weighted by atomic mass is 16.5. The smallest absolute Gasteiger partial charge is 0.193 e. The van der Waals surface area contributed by atoms with Crippen LogP contribution in [0.2, 0.25) is 0 Å². The van der Waals surface area contributed by atoms with Gasteiger partial charge in [-0.1, -0.05) is 0 Å². The van der Waals surface area contributed by atoms with Gasteiger partial charge in [-0.3, -0.25) is 5.21 Å². The number of rotatable bonds is 0. The summed E-state index contributed by atoms with van der Waals surface area (Å²) in [6, 6.07) is 0. The highest BCUT2D eigenvalue weighted by Gasteiger charge is 2.06. The Morgan fingerprint density at radius 1 is 1.67 bits per heavy atom. The standard InChI is InChI=1S/C4H8NO/c6-5-3-1-2-4-5/h3,6H,1-2,4H2/q+1. The predicted octanol–water partition coefficient (Wildman–Crippen LogP) is 0.253. The molecule has 0 atom stereocenters. The van der Waals surface area contributed by atoms with Crippen molar-refractivity contribution in [3.05, 3.63) is 0 Å². The van der Waals surface area contributed by atoms with Gasteiger partial charge in [-0.2, -0.15) is 0 Å². The molecule has 2 heteroatoms. The maximum absolute atomic E-state index is 8.51. The Morgan fingerprint density at radius 2 is 2.50 bits per heavy atom. The quantitative estimate of drug-likeness (QED) is 0.331. The maximum Gasteiger partial charge on any atom is 0.193 e. The molecule has 0 saturated carbocycles. The van der Waals surface area contributed by atoms with Gasteiger partial charge in [-0.15, -0.1) is 0 Å². The Balaban J connectivity index is 2.45. The Kier molecular flexibility index (Phi) is 0.783. The fourth-order valence-electron chi connectivity index (χ4n) is 0.585. The van der Waals surface area contributed by atoms with Crippen LogP contribution in [0.1, 0.15) is 12.8 Å². The number of hydrogen-bond donors (Lipinski definition) is 1. The van der Waals surface area contributed by atoms with Gasteiger partial charge in [0.2, 0.25) is 0 Å². The molecule has 1 aliphatic heterocycles. The lowest BCUT2D eigenvalue weighted by Crippen LogP contribution is -1.99. The number of nitrogens with zero attached hydrogens (tertiary/aromatic N) is 1. The molecule has 0 amide bonds. The summed E-state index contributed by atoms with van der Waals surface area (Å²) in [5.41, 5.74) is 0. The topological polar surface area (TPSA) is 23.2 Å². The molecule has 1 rings (SSSR count).